The summed E-state index contributed by atoms with van der Waals surface area (Å²) in [4.78, 5) is 17.0. The number of thiophene rings is 1. The molecular formula is C13H18N2O2S. The van der Waals surface area contributed by atoms with Crippen molar-refractivity contribution in [1.82, 2.24) is 9.80 Å². The molecule has 0 bridgehead atoms. The molecule has 0 unspecified atom stereocenters. The van der Waals surface area contributed by atoms with Gasteiger partial charge in [-0.25, -0.2) is 4.79 Å². The van der Waals surface area contributed by atoms with E-state index in [1.54, 1.807) is 4.90 Å². The topological polar surface area (TPSA) is 32.8 Å². The lowest BCUT2D eigenvalue weighted by Crippen LogP contribution is -2.36. The lowest BCUT2D eigenvalue weighted by atomic mass is 10.0. The van der Waals surface area contributed by atoms with Crippen molar-refractivity contribution in [3.05, 3.63) is 21.9 Å². The van der Waals surface area contributed by atoms with Gasteiger partial charge in [-0.15, -0.1) is 11.3 Å². The minimum absolute atomic E-state index is 0.177. The summed E-state index contributed by atoms with van der Waals surface area (Å²) >= 11 is 1.81. The highest BCUT2D eigenvalue weighted by atomic mass is 32.1. The summed E-state index contributed by atoms with van der Waals surface area (Å²) in [5.41, 5.74) is 1.11. The van der Waals surface area contributed by atoms with Crippen molar-refractivity contribution in [3.63, 3.8) is 0 Å². The van der Waals surface area contributed by atoms with E-state index in [4.69, 9.17) is 4.74 Å². The number of carbonyl (C=O) groups excluding carboxylic acids is 1. The number of ether oxygens (including phenoxy) is 1. The fourth-order valence-electron chi connectivity index (χ4n) is 2.84. The molecule has 2 fully saturated rings. The Morgan fingerprint density at radius 3 is 2.94 bits per heavy atom. The summed E-state index contributed by atoms with van der Waals surface area (Å²) in [6.07, 6.45) is 0.775. The minimum atomic E-state index is -0.253. The Morgan fingerprint density at radius 1 is 1.50 bits per heavy atom. The number of rotatable bonds is 2. The van der Waals surface area contributed by atoms with Gasteiger partial charge in [0.2, 0.25) is 0 Å². The quantitative estimate of drug-likeness (QED) is 0.821. The lowest BCUT2D eigenvalue weighted by molar-refractivity contribution is 0.0628. The van der Waals surface area contributed by atoms with Crippen LogP contribution in [-0.2, 0) is 11.3 Å². The van der Waals surface area contributed by atoms with Crippen LogP contribution in [0.2, 0.25) is 0 Å². The highest BCUT2D eigenvalue weighted by Gasteiger charge is 2.48. The van der Waals surface area contributed by atoms with Crippen molar-refractivity contribution in [2.75, 3.05) is 26.7 Å². The predicted molar refractivity (Wildman–Crippen MR) is 70.8 cm³/mol. The predicted octanol–water partition coefficient (Wildman–Crippen LogP) is 2.08. The Bertz CT molecular complexity index is 473. The summed E-state index contributed by atoms with van der Waals surface area (Å²) in [6.45, 7) is 5.73. The molecule has 2 aliphatic rings. The van der Waals surface area contributed by atoms with Crippen LogP contribution in [0.3, 0.4) is 0 Å². The lowest BCUT2D eigenvalue weighted by Gasteiger charge is -2.21. The number of aryl methyl sites for hydroxylation is 1. The molecule has 0 saturated carbocycles. The number of amides is 1. The Balaban J connectivity index is 1.66. The maximum Gasteiger partial charge on any atom is 0.410 e. The van der Waals surface area contributed by atoms with E-state index in [1.165, 1.54) is 10.4 Å². The Labute approximate surface area is 111 Å². The van der Waals surface area contributed by atoms with Crippen LogP contribution in [0.1, 0.15) is 16.9 Å². The Kier molecular flexibility index (Phi) is 2.83. The molecule has 0 aromatic carbocycles. The average Bonchev–Trinajstić information content (AvgIpc) is 2.95. The summed E-state index contributed by atoms with van der Waals surface area (Å²) < 4.78 is 5.55. The van der Waals surface area contributed by atoms with Crippen molar-refractivity contribution < 1.29 is 9.53 Å². The second-order valence-corrected chi connectivity index (χ2v) is 6.40. The van der Waals surface area contributed by atoms with Crippen LogP contribution >= 0.6 is 11.3 Å². The molecule has 1 amide bonds. The van der Waals surface area contributed by atoms with E-state index in [0.717, 1.165) is 32.6 Å². The molecule has 1 spiro atoms. The van der Waals surface area contributed by atoms with Crippen LogP contribution in [0.25, 0.3) is 0 Å². The zero-order chi connectivity index (χ0) is 12.8. The van der Waals surface area contributed by atoms with Gasteiger partial charge in [0, 0.05) is 38.0 Å². The third-order valence-corrected chi connectivity index (χ3v) is 4.88. The minimum Gasteiger partial charge on any atom is -0.439 e. The second kappa shape index (κ2) is 4.24. The van der Waals surface area contributed by atoms with E-state index in [2.05, 4.69) is 23.3 Å². The molecule has 1 aromatic heterocycles. The molecule has 4 nitrogen and oxygen atoms in total. The van der Waals surface area contributed by atoms with E-state index in [-0.39, 0.29) is 11.7 Å². The molecule has 1 aromatic rings. The third-order valence-electron chi connectivity index (χ3n) is 3.87. The van der Waals surface area contributed by atoms with Crippen LogP contribution in [0.5, 0.6) is 0 Å². The number of likely N-dealkylation sites (N-methyl/N-ethyl adjacent to an activating group) is 1. The summed E-state index contributed by atoms with van der Waals surface area (Å²) in [6, 6.07) is 2.16. The molecule has 1 atom stereocenters. The molecular weight excluding hydrogens is 248 g/mol. The molecule has 0 aliphatic carbocycles. The Morgan fingerprint density at radius 2 is 2.33 bits per heavy atom. The van der Waals surface area contributed by atoms with Gasteiger partial charge in [-0.2, -0.15) is 0 Å². The highest BCUT2D eigenvalue weighted by Crippen LogP contribution is 2.33. The number of hydrogen-bond donors (Lipinski definition) is 0. The van der Waals surface area contributed by atoms with E-state index < -0.39 is 0 Å². The smallest absolute Gasteiger partial charge is 0.410 e. The number of hydrogen-bond acceptors (Lipinski definition) is 4. The highest BCUT2D eigenvalue weighted by molar-refractivity contribution is 7.10. The van der Waals surface area contributed by atoms with Gasteiger partial charge in [0.15, 0.2) is 0 Å². The van der Waals surface area contributed by atoms with Gasteiger partial charge in [-0.1, -0.05) is 0 Å². The Hall–Kier alpha value is -1.07. The fourth-order valence-corrected chi connectivity index (χ4v) is 3.78. The van der Waals surface area contributed by atoms with Crippen molar-refractivity contribution in [2.24, 2.45) is 0 Å². The number of nitrogens with zero attached hydrogens (tertiary/aromatic N) is 2. The molecule has 0 N–H and O–H groups in total. The first-order valence-electron chi connectivity index (χ1n) is 6.27. The molecule has 3 heterocycles. The van der Waals surface area contributed by atoms with E-state index >= 15 is 0 Å². The zero-order valence-corrected chi connectivity index (χ0v) is 11.6. The van der Waals surface area contributed by atoms with Crippen molar-refractivity contribution >= 4 is 17.4 Å². The molecule has 2 aliphatic heterocycles. The van der Waals surface area contributed by atoms with Crippen molar-refractivity contribution in [2.45, 2.75) is 25.5 Å². The molecule has 98 valence electrons. The first-order valence-corrected chi connectivity index (χ1v) is 7.15. The zero-order valence-electron chi connectivity index (χ0n) is 10.8. The SMILES string of the molecule is Cc1ccsc1CN1CC[C@]2(C1)CN(C)C(=O)O2. The average molecular weight is 266 g/mol. The van der Waals surface area contributed by atoms with E-state index in [0.29, 0.717) is 0 Å². The number of carbonyl (C=O) groups is 1. The van der Waals surface area contributed by atoms with E-state index in [1.807, 2.05) is 18.4 Å². The van der Waals surface area contributed by atoms with Gasteiger partial charge in [0.1, 0.15) is 5.60 Å². The standard InChI is InChI=1S/C13H18N2O2S/c1-10-3-6-18-11(10)7-15-5-4-13(9-15)8-14(2)12(16)17-13/h3,6H,4-5,7-9H2,1-2H3/t13-/m1/s1. The first kappa shape index (κ1) is 12.0. The summed E-state index contributed by atoms with van der Waals surface area (Å²) in [5.74, 6) is 0. The normalized spacial score (nSPS) is 28.3. The van der Waals surface area contributed by atoms with Crippen molar-refractivity contribution in [1.29, 1.82) is 0 Å². The molecule has 3 rings (SSSR count). The first-order chi connectivity index (χ1) is 8.58. The largest absolute Gasteiger partial charge is 0.439 e. The van der Waals surface area contributed by atoms with Gasteiger partial charge in [0.25, 0.3) is 0 Å². The third kappa shape index (κ3) is 2.01. The van der Waals surface area contributed by atoms with Crippen LogP contribution in [0, 0.1) is 6.92 Å². The van der Waals surface area contributed by atoms with Gasteiger partial charge < -0.3 is 9.64 Å². The summed E-state index contributed by atoms with van der Waals surface area (Å²) in [5, 5.41) is 2.14. The maximum absolute atomic E-state index is 11.5. The second-order valence-electron chi connectivity index (χ2n) is 5.39. The molecule has 0 radical (unpaired) electrons. The molecule has 2 saturated heterocycles. The number of likely N-dealkylation sites (tertiary alicyclic amines) is 1. The van der Waals surface area contributed by atoms with E-state index in [9.17, 15) is 4.79 Å². The van der Waals surface area contributed by atoms with Gasteiger partial charge in [-0.05, 0) is 23.9 Å². The maximum atomic E-state index is 11.5. The van der Waals surface area contributed by atoms with Gasteiger partial charge in [-0.3, -0.25) is 4.90 Å². The van der Waals surface area contributed by atoms with Gasteiger partial charge >= 0.3 is 6.09 Å². The monoisotopic (exact) mass is 266 g/mol. The van der Waals surface area contributed by atoms with Crippen molar-refractivity contribution in [3.8, 4) is 0 Å². The van der Waals surface area contributed by atoms with Crippen LogP contribution in [0.4, 0.5) is 4.79 Å². The molecule has 5 heteroatoms. The summed E-state index contributed by atoms with van der Waals surface area (Å²) in [7, 11) is 1.81. The van der Waals surface area contributed by atoms with Crippen LogP contribution < -0.4 is 0 Å². The van der Waals surface area contributed by atoms with Crippen LogP contribution in [0.15, 0.2) is 11.4 Å². The fraction of sp³-hybridized carbons (Fsp3) is 0.615. The molecule has 18 heavy (non-hydrogen) atoms. The van der Waals surface area contributed by atoms with Crippen LogP contribution in [-0.4, -0.2) is 48.2 Å². The van der Waals surface area contributed by atoms with Gasteiger partial charge in [0.05, 0.1) is 6.54 Å².